The Bertz CT molecular complexity index is 166. The van der Waals surface area contributed by atoms with Gasteiger partial charge in [0.15, 0.2) is 0 Å². The molecule has 1 heterocycles. The minimum absolute atomic E-state index is 0.0188. The predicted molar refractivity (Wildman–Crippen MR) is 57.1 cm³/mol. The predicted octanol–water partition coefficient (Wildman–Crippen LogP) is 3.44. The molecule has 14 heavy (non-hydrogen) atoms. The van der Waals surface area contributed by atoms with Crippen LogP contribution in [0.2, 0.25) is 0 Å². The van der Waals surface area contributed by atoms with Crippen molar-refractivity contribution in [3.8, 4) is 0 Å². The Morgan fingerprint density at radius 1 is 1.21 bits per heavy atom. The molecule has 0 aromatic carbocycles. The largest absolute Gasteiger partial charge is 0.462 e. The van der Waals surface area contributed by atoms with E-state index >= 15 is 0 Å². The van der Waals surface area contributed by atoms with Crippen LogP contribution in [-0.2, 0) is 9.53 Å². The van der Waals surface area contributed by atoms with Gasteiger partial charge < -0.3 is 4.74 Å². The van der Waals surface area contributed by atoms with Crippen LogP contribution in [0, 0.1) is 0 Å². The third-order valence-electron chi connectivity index (χ3n) is 2.82. The lowest BCUT2D eigenvalue weighted by Crippen LogP contribution is -2.18. The fourth-order valence-electron chi connectivity index (χ4n) is 2.00. The molecule has 1 rings (SSSR count). The third kappa shape index (κ3) is 4.64. The van der Waals surface area contributed by atoms with Gasteiger partial charge >= 0.3 is 5.97 Å². The molecule has 0 bridgehead atoms. The van der Waals surface area contributed by atoms with Crippen molar-refractivity contribution in [2.45, 2.75) is 70.8 Å². The van der Waals surface area contributed by atoms with Gasteiger partial charge in [-0.3, -0.25) is 4.79 Å². The van der Waals surface area contributed by atoms with Gasteiger partial charge in [0.25, 0.3) is 0 Å². The molecule has 2 heteroatoms. The minimum Gasteiger partial charge on any atom is -0.462 e. The molecular weight excluding hydrogens is 176 g/mol. The van der Waals surface area contributed by atoms with E-state index in [0.717, 1.165) is 25.7 Å². The van der Waals surface area contributed by atoms with Crippen molar-refractivity contribution in [3.63, 3.8) is 0 Å². The number of hydrogen-bond donors (Lipinski definition) is 0. The summed E-state index contributed by atoms with van der Waals surface area (Å²) in [7, 11) is 0. The molecule has 1 unspecified atom stereocenters. The van der Waals surface area contributed by atoms with Crippen LogP contribution in [0.15, 0.2) is 0 Å². The van der Waals surface area contributed by atoms with E-state index in [4.69, 9.17) is 4.74 Å². The van der Waals surface area contributed by atoms with Gasteiger partial charge in [-0.1, -0.05) is 32.6 Å². The highest BCUT2D eigenvalue weighted by atomic mass is 16.5. The summed E-state index contributed by atoms with van der Waals surface area (Å²) in [6.07, 6.45) is 10.0. The first kappa shape index (κ1) is 11.5. The maximum Gasteiger partial charge on any atom is 0.306 e. The summed E-state index contributed by atoms with van der Waals surface area (Å²) < 4.78 is 5.43. The fraction of sp³-hybridized carbons (Fsp3) is 0.917. The van der Waals surface area contributed by atoms with E-state index in [1.54, 1.807) is 0 Å². The number of rotatable bonds is 2. The molecule has 0 saturated carbocycles. The Hall–Kier alpha value is -0.530. The van der Waals surface area contributed by atoms with Crippen LogP contribution in [0.5, 0.6) is 0 Å². The van der Waals surface area contributed by atoms with Crippen molar-refractivity contribution in [1.82, 2.24) is 0 Å². The Kier molecular flexibility index (Phi) is 5.65. The summed E-state index contributed by atoms with van der Waals surface area (Å²) in [6.45, 7) is 2.15. The lowest BCUT2D eigenvalue weighted by Gasteiger charge is -2.18. The molecule has 0 radical (unpaired) electrons. The summed E-state index contributed by atoms with van der Waals surface area (Å²) in [5.41, 5.74) is 0. The third-order valence-corrected chi connectivity index (χ3v) is 2.82. The zero-order chi connectivity index (χ0) is 10.2. The summed E-state index contributed by atoms with van der Waals surface area (Å²) in [5.74, 6) is 0.0188. The molecule has 82 valence electrons. The molecule has 0 spiro atoms. The van der Waals surface area contributed by atoms with Crippen LogP contribution >= 0.6 is 0 Å². The van der Waals surface area contributed by atoms with Crippen molar-refractivity contribution in [2.24, 2.45) is 0 Å². The number of carbonyl (C=O) groups is 1. The van der Waals surface area contributed by atoms with Crippen molar-refractivity contribution >= 4 is 5.97 Å². The highest BCUT2D eigenvalue weighted by molar-refractivity contribution is 5.69. The highest BCUT2D eigenvalue weighted by Crippen LogP contribution is 2.17. The van der Waals surface area contributed by atoms with Crippen molar-refractivity contribution in [1.29, 1.82) is 0 Å². The molecule has 0 N–H and O–H groups in total. The van der Waals surface area contributed by atoms with Gasteiger partial charge in [-0.15, -0.1) is 0 Å². The zero-order valence-corrected chi connectivity index (χ0v) is 9.26. The van der Waals surface area contributed by atoms with E-state index in [2.05, 4.69) is 6.92 Å². The molecule has 1 fully saturated rings. The van der Waals surface area contributed by atoms with Crippen LogP contribution in [0.4, 0.5) is 0 Å². The zero-order valence-electron chi connectivity index (χ0n) is 9.26. The second-order valence-electron chi connectivity index (χ2n) is 4.21. The molecular formula is C12H22O2. The maximum atomic E-state index is 11.4. The molecule has 1 aliphatic rings. The van der Waals surface area contributed by atoms with Crippen molar-refractivity contribution in [3.05, 3.63) is 0 Å². The normalized spacial score (nSPS) is 25.5. The first-order chi connectivity index (χ1) is 6.83. The topological polar surface area (TPSA) is 26.3 Å². The van der Waals surface area contributed by atoms with E-state index in [0.29, 0.717) is 6.42 Å². The quantitative estimate of drug-likeness (QED) is 0.635. The molecule has 2 nitrogen and oxygen atoms in total. The molecule has 0 amide bonds. The minimum atomic E-state index is 0.0188. The Morgan fingerprint density at radius 3 is 2.71 bits per heavy atom. The first-order valence-corrected chi connectivity index (χ1v) is 6.02. The fourth-order valence-corrected chi connectivity index (χ4v) is 2.00. The molecule has 0 aromatic rings. The molecule has 0 aliphatic carbocycles. The number of ether oxygens (including phenoxy) is 1. The lowest BCUT2D eigenvalue weighted by molar-refractivity contribution is -0.150. The number of cyclic esters (lactones) is 1. The summed E-state index contributed by atoms with van der Waals surface area (Å²) >= 11 is 0. The second-order valence-corrected chi connectivity index (χ2v) is 4.21. The molecule has 1 saturated heterocycles. The van der Waals surface area contributed by atoms with E-state index in [-0.39, 0.29) is 12.1 Å². The number of hydrogen-bond acceptors (Lipinski definition) is 2. The van der Waals surface area contributed by atoms with Crippen LogP contribution < -0.4 is 0 Å². The van der Waals surface area contributed by atoms with Crippen molar-refractivity contribution < 1.29 is 9.53 Å². The van der Waals surface area contributed by atoms with Crippen LogP contribution in [0.25, 0.3) is 0 Å². The van der Waals surface area contributed by atoms with Gasteiger partial charge in [0, 0.05) is 6.42 Å². The summed E-state index contributed by atoms with van der Waals surface area (Å²) in [4.78, 5) is 11.4. The Balaban J connectivity index is 2.35. The average molecular weight is 198 g/mol. The van der Waals surface area contributed by atoms with Crippen LogP contribution in [-0.4, -0.2) is 12.1 Å². The summed E-state index contributed by atoms with van der Waals surface area (Å²) in [6, 6.07) is 0. The lowest BCUT2D eigenvalue weighted by atomic mass is 10.0. The van der Waals surface area contributed by atoms with Crippen LogP contribution in [0.3, 0.4) is 0 Å². The van der Waals surface area contributed by atoms with Gasteiger partial charge in [-0.2, -0.15) is 0 Å². The Morgan fingerprint density at radius 2 is 1.93 bits per heavy atom. The van der Waals surface area contributed by atoms with Crippen molar-refractivity contribution in [2.75, 3.05) is 0 Å². The number of carbonyl (C=O) groups excluding carboxylic acids is 1. The molecule has 0 aromatic heterocycles. The standard InChI is InChI=1S/C12H22O2/c1-2-8-11-9-6-4-3-5-7-10-12(13)14-11/h11H,2-10H2,1H3. The maximum absolute atomic E-state index is 11.4. The molecule has 1 aliphatic heterocycles. The van der Waals surface area contributed by atoms with Gasteiger partial charge in [0.1, 0.15) is 6.10 Å². The first-order valence-electron chi connectivity index (χ1n) is 6.02. The Labute approximate surface area is 87.0 Å². The average Bonchev–Trinajstić information content (AvgIpc) is 2.17. The van der Waals surface area contributed by atoms with E-state index in [9.17, 15) is 4.79 Å². The van der Waals surface area contributed by atoms with Gasteiger partial charge in [0.05, 0.1) is 0 Å². The van der Waals surface area contributed by atoms with Gasteiger partial charge in [-0.05, 0) is 25.7 Å². The highest BCUT2D eigenvalue weighted by Gasteiger charge is 2.14. The smallest absolute Gasteiger partial charge is 0.306 e. The van der Waals surface area contributed by atoms with E-state index in [1.165, 1.54) is 25.7 Å². The monoisotopic (exact) mass is 198 g/mol. The van der Waals surface area contributed by atoms with Gasteiger partial charge in [0.2, 0.25) is 0 Å². The van der Waals surface area contributed by atoms with Crippen LogP contribution in [0.1, 0.15) is 64.7 Å². The second kappa shape index (κ2) is 6.86. The van der Waals surface area contributed by atoms with E-state index in [1.807, 2.05) is 0 Å². The molecule has 1 atom stereocenters. The summed E-state index contributed by atoms with van der Waals surface area (Å²) in [5, 5.41) is 0. The SMILES string of the molecule is CCCC1CCCCCCCC(=O)O1. The number of esters is 1. The van der Waals surface area contributed by atoms with Gasteiger partial charge in [-0.25, -0.2) is 0 Å². The van der Waals surface area contributed by atoms with E-state index < -0.39 is 0 Å².